The molecule has 1 fully saturated rings. The van der Waals surface area contributed by atoms with Gasteiger partial charge in [-0.25, -0.2) is 9.50 Å². The molecule has 0 spiro atoms. The third-order valence-electron chi connectivity index (χ3n) is 4.42. The number of anilines is 1. The summed E-state index contributed by atoms with van der Waals surface area (Å²) in [5.74, 6) is 1.07. The SMILES string of the molecule is Cc1cccc(-c2cc(N3CCCC3)nc3c(I)c(C)nn23)c1. The van der Waals surface area contributed by atoms with E-state index in [1.54, 1.807) is 0 Å². The van der Waals surface area contributed by atoms with Gasteiger partial charge in [-0.05, 0) is 55.3 Å². The molecule has 1 aliphatic rings. The van der Waals surface area contributed by atoms with Crippen LogP contribution in [0.15, 0.2) is 30.3 Å². The quantitative estimate of drug-likeness (QED) is 0.585. The summed E-state index contributed by atoms with van der Waals surface area (Å²) >= 11 is 2.36. The van der Waals surface area contributed by atoms with Gasteiger partial charge in [-0.1, -0.05) is 23.8 Å². The largest absolute Gasteiger partial charge is 0.356 e. The van der Waals surface area contributed by atoms with E-state index in [4.69, 9.17) is 10.1 Å². The fourth-order valence-corrected chi connectivity index (χ4v) is 3.66. The number of hydrogen-bond donors (Lipinski definition) is 0. The van der Waals surface area contributed by atoms with Crippen LogP contribution < -0.4 is 4.90 Å². The zero-order chi connectivity index (χ0) is 16.0. The molecule has 2 aromatic heterocycles. The summed E-state index contributed by atoms with van der Waals surface area (Å²) in [4.78, 5) is 7.29. The Kier molecular flexibility index (Phi) is 3.75. The van der Waals surface area contributed by atoms with Crippen LogP contribution in [0.5, 0.6) is 0 Å². The molecule has 0 N–H and O–H groups in total. The normalized spacial score (nSPS) is 14.8. The van der Waals surface area contributed by atoms with Gasteiger partial charge in [0.15, 0.2) is 5.65 Å². The summed E-state index contributed by atoms with van der Waals surface area (Å²) in [6, 6.07) is 10.8. The van der Waals surface area contributed by atoms with E-state index >= 15 is 0 Å². The zero-order valence-corrected chi connectivity index (χ0v) is 15.5. The van der Waals surface area contributed by atoms with Crippen molar-refractivity contribution in [2.24, 2.45) is 0 Å². The molecule has 1 aromatic carbocycles. The lowest BCUT2D eigenvalue weighted by Gasteiger charge is -2.18. The van der Waals surface area contributed by atoms with Crippen LogP contribution in [0.4, 0.5) is 5.82 Å². The molecule has 0 atom stereocenters. The summed E-state index contributed by atoms with van der Waals surface area (Å²) in [5.41, 5.74) is 5.56. The monoisotopic (exact) mass is 418 g/mol. The van der Waals surface area contributed by atoms with E-state index < -0.39 is 0 Å². The molecule has 0 radical (unpaired) electrons. The molecule has 4 rings (SSSR count). The van der Waals surface area contributed by atoms with Crippen LogP contribution in [0.3, 0.4) is 0 Å². The third-order valence-corrected chi connectivity index (χ3v) is 5.69. The van der Waals surface area contributed by atoms with Gasteiger partial charge in [0, 0.05) is 24.7 Å². The molecule has 0 amide bonds. The summed E-state index contributed by atoms with van der Waals surface area (Å²) < 4.78 is 3.13. The average Bonchev–Trinajstić information content (AvgIpc) is 3.16. The van der Waals surface area contributed by atoms with Crippen LogP contribution in [0, 0.1) is 17.4 Å². The van der Waals surface area contributed by atoms with E-state index in [9.17, 15) is 0 Å². The highest BCUT2D eigenvalue weighted by Crippen LogP contribution is 2.29. The number of benzene rings is 1. The average molecular weight is 418 g/mol. The second-order valence-corrected chi connectivity index (χ2v) is 7.28. The molecule has 0 bridgehead atoms. The van der Waals surface area contributed by atoms with Crippen molar-refractivity contribution >= 4 is 34.1 Å². The molecule has 1 saturated heterocycles. The maximum atomic E-state index is 4.91. The van der Waals surface area contributed by atoms with Gasteiger partial charge in [-0.15, -0.1) is 0 Å². The minimum atomic E-state index is 0.962. The number of aryl methyl sites for hydroxylation is 2. The fraction of sp³-hybridized carbons (Fsp3) is 0.333. The van der Waals surface area contributed by atoms with Gasteiger partial charge in [0.2, 0.25) is 0 Å². The zero-order valence-electron chi connectivity index (χ0n) is 13.4. The van der Waals surface area contributed by atoms with Gasteiger partial charge in [0.1, 0.15) is 5.82 Å². The maximum Gasteiger partial charge on any atom is 0.171 e. The van der Waals surface area contributed by atoms with Crippen LogP contribution in [0.1, 0.15) is 24.1 Å². The highest BCUT2D eigenvalue weighted by molar-refractivity contribution is 14.1. The third kappa shape index (κ3) is 2.60. The van der Waals surface area contributed by atoms with Crippen molar-refractivity contribution in [2.45, 2.75) is 26.7 Å². The first kappa shape index (κ1) is 14.9. The highest BCUT2D eigenvalue weighted by Gasteiger charge is 2.19. The first-order valence-electron chi connectivity index (χ1n) is 8.01. The number of rotatable bonds is 2. The van der Waals surface area contributed by atoms with E-state index in [0.717, 1.165) is 39.5 Å². The van der Waals surface area contributed by atoms with Crippen molar-refractivity contribution in [2.75, 3.05) is 18.0 Å². The van der Waals surface area contributed by atoms with E-state index in [1.165, 1.54) is 24.0 Å². The molecule has 3 aromatic rings. The van der Waals surface area contributed by atoms with Gasteiger partial charge in [-0.2, -0.15) is 5.10 Å². The van der Waals surface area contributed by atoms with E-state index in [2.05, 4.69) is 64.7 Å². The minimum Gasteiger partial charge on any atom is -0.356 e. The Hall–Kier alpha value is -1.63. The van der Waals surface area contributed by atoms with Crippen LogP contribution in [-0.2, 0) is 0 Å². The Bertz CT molecular complexity index is 878. The molecule has 3 heterocycles. The van der Waals surface area contributed by atoms with Crippen molar-refractivity contribution in [1.29, 1.82) is 0 Å². The highest BCUT2D eigenvalue weighted by atomic mass is 127. The number of nitrogens with zero attached hydrogens (tertiary/aromatic N) is 4. The fourth-order valence-electron chi connectivity index (χ4n) is 3.20. The number of halogens is 1. The standard InChI is InChI=1S/C18H19IN4/c1-12-6-5-7-14(10-12)15-11-16(22-8-3-4-9-22)20-18-17(19)13(2)21-23(15)18/h5-7,10-11H,3-4,8-9H2,1-2H3. The molecule has 4 nitrogen and oxygen atoms in total. The van der Waals surface area contributed by atoms with Gasteiger partial charge in [0.05, 0.1) is 15.0 Å². The number of hydrogen-bond acceptors (Lipinski definition) is 3. The Labute approximate surface area is 149 Å². The summed E-state index contributed by atoms with van der Waals surface area (Å²) in [6.07, 6.45) is 2.50. The predicted octanol–water partition coefficient (Wildman–Crippen LogP) is 4.22. The lowest BCUT2D eigenvalue weighted by Crippen LogP contribution is -2.19. The van der Waals surface area contributed by atoms with Crippen LogP contribution in [0.25, 0.3) is 16.9 Å². The predicted molar refractivity (Wildman–Crippen MR) is 102 cm³/mol. The molecule has 23 heavy (non-hydrogen) atoms. The number of fused-ring (bicyclic) bond motifs is 1. The Morgan fingerprint density at radius 3 is 2.61 bits per heavy atom. The molecular weight excluding hydrogens is 399 g/mol. The van der Waals surface area contributed by atoms with Crippen molar-refractivity contribution in [3.63, 3.8) is 0 Å². The van der Waals surface area contributed by atoms with Gasteiger partial charge in [0.25, 0.3) is 0 Å². The lowest BCUT2D eigenvalue weighted by molar-refractivity contribution is 0.895. The van der Waals surface area contributed by atoms with Crippen LogP contribution >= 0.6 is 22.6 Å². The van der Waals surface area contributed by atoms with Gasteiger partial charge in [-0.3, -0.25) is 0 Å². The number of aromatic nitrogens is 3. The van der Waals surface area contributed by atoms with Crippen molar-refractivity contribution in [3.8, 4) is 11.3 Å². The first-order valence-corrected chi connectivity index (χ1v) is 9.09. The second kappa shape index (κ2) is 5.78. The molecule has 1 aliphatic heterocycles. The van der Waals surface area contributed by atoms with Gasteiger partial charge >= 0.3 is 0 Å². The molecule has 5 heteroatoms. The Morgan fingerprint density at radius 2 is 1.87 bits per heavy atom. The molecule has 0 unspecified atom stereocenters. The van der Waals surface area contributed by atoms with E-state index in [1.807, 2.05) is 11.4 Å². The van der Waals surface area contributed by atoms with E-state index in [-0.39, 0.29) is 0 Å². The second-order valence-electron chi connectivity index (χ2n) is 6.20. The molecule has 0 saturated carbocycles. The van der Waals surface area contributed by atoms with Crippen LogP contribution in [0.2, 0.25) is 0 Å². The van der Waals surface area contributed by atoms with Gasteiger partial charge < -0.3 is 4.90 Å². The van der Waals surface area contributed by atoms with Crippen molar-refractivity contribution in [3.05, 3.63) is 45.2 Å². The smallest absolute Gasteiger partial charge is 0.171 e. The lowest BCUT2D eigenvalue weighted by atomic mass is 10.1. The van der Waals surface area contributed by atoms with Crippen molar-refractivity contribution < 1.29 is 0 Å². The maximum absolute atomic E-state index is 4.91. The van der Waals surface area contributed by atoms with Crippen molar-refractivity contribution in [1.82, 2.24) is 14.6 Å². The summed E-state index contributed by atoms with van der Waals surface area (Å²) in [7, 11) is 0. The Balaban J connectivity index is 1.98. The minimum absolute atomic E-state index is 0.962. The molecule has 118 valence electrons. The van der Waals surface area contributed by atoms with E-state index in [0.29, 0.717) is 0 Å². The first-order chi connectivity index (χ1) is 11.1. The summed E-state index contributed by atoms with van der Waals surface area (Å²) in [6.45, 7) is 6.37. The summed E-state index contributed by atoms with van der Waals surface area (Å²) in [5, 5.41) is 4.71. The van der Waals surface area contributed by atoms with Crippen LogP contribution in [-0.4, -0.2) is 27.7 Å². The molecular formula is C18H19IN4. The Morgan fingerprint density at radius 1 is 1.09 bits per heavy atom. The molecule has 0 aliphatic carbocycles. The topological polar surface area (TPSA) is 33.4 Å².